The zero-order chi connectivity index (χ0) is 17.3. The van der Waals surface area contributed by atoms with E-state index in [9.17, 15) is 9.59 Å². The number of ether oxygens (including phenoxy) is 1. The highest BCUT2D eigenvalue weighted by Gasteiger charge is 2.29. The number of carbonyl (C=O) groups is 2. The van der Waals surface area contributed by atoms with Gasteiger partial charge in [-0.25, -0.2) is 4.79 Å². The van der Waals surface area contributed by atoms with E-state index in [-0.39, 0.29) is 5.78 Å². The highest BCUT2D eigenvalue weighted by atomic mass is 35.5. The molecule has 124 valence electrons. The molecule has 0 aliphatic heterocycles. The zero-order valence-electron chi connectivity index (χ0n) is 13.6. The van der Waals surface area contributed by atoms with E-state index in [2.05, 4.69) is 4.98 Å². The molecule has 1 aliphatic carbocycles. The number of aromatic nitrogens is 1. The van der Waals surface area contributed by atoms with Crippen LogP contribution in [-0.2, 0) is 11.2 Å². The van der Waals surface area contributed by atoms with Gasteiger partial charge in [-0.2, -0.15) is 0 Å². The molecule has 1 N–H and O–H groups in total. The number of Topliss-reactive ketones (excluding diaryl/α,β-unsaturated/α-hetero) is 1. The van der Waals surface area contributed by atoms with Crippen molar-refractivity contribution >= 4 is 29.4 Å². The summed E-state index contributed by atoms with van der Waals surface area (Å²) in [6, 6.07) is 7.36. The number of carbonyl (C=O) groups excluding carboxylic acids is 2. The first kappa shape index (κ1) is 16.5. The lowest BCUT2D eigenvalue weighted by molar-refractivity contribution is 0.0519. The number of H-pyrrole nitrogens is 1. The standard InChI is InChI=1S/C19H18ClNO3/c1-3-24-19(23)17-11(2)16-15(21-17)9-6-13(18(16)22)10-12-4-7-14(20)8-5-12/h4-5,7-8,10,21H,3,6,9H2,1-2H3/b13-10+. The van der Waals surface area contributed by atoms with Gasteiger partial charge in [-0.1, -0.05) is 23.7 Å². The second-order valence-electron chi connectivity index (χ2n) is 5.75. The Morgan fingerprint density at radius 2 is 2.00 bits per heavy atom. The van der Waals surface area contributed by atoms with Gasteiger partial charge in [-0.3, -0.25) is 4.79 Å². The lowest BCUT2D eigenvalue weighted by atomic mass is 9.88. The Balaban J connectivity index is 1.95. The Morgan fingerprint density at radius 1 is 1.29 bits per heavy atom. The Labute approximate surface area is 145 Å². The van der Waals surface area contributed by atoms with Crippen LogP contribution in [0.3, 0.4) is 0 Å². The predicted octanol–water partition coefficient (Wildman–Crippen LogP) is 4.37. The first-order chi connectivity index (χ1) is 11.5. The Bertz CT molecular complexity index is 831. The number of nitrogens with one attached hydrogen (secondary N) is 1. The number of allylic oxidation sites excluding steroid dienone is 1. The van der Waals surface area contributed by atoms with E-state index in [0.717, 1.165) is 16.8 Å². The fraction of sp³-hybridized carbons (Fsp3) is 0.263. The average Bonchev–Trinajstić information content (AvgIpc) is 2.90. The van der Waals surface area contributed by atoms with E-state index in [1.54, 1.807) is 26.0 Å². The molecule has 0 spiro atoms. The third-order valence-electron chi connectivity index (χ3n) is 4.18. The molecule has 0 amide bonds. The molecule has 0 saturated carbocycles. The molecule has 1 heterocycles. The topological polar surface area (TPSA) is 59.2 Å². The minimum atomic E-state index is -0.416. The second-order valence-corrected chi connectivity index (χ2v) is 6.19. The third-order valence-corrected chi connectivity index (χ3v) is 4.43. The number of aryl methyl sites for hydroxylation is 1. The van der Waals surface area contributed by atoms with Crippen LogP contribution in [0.5, 0.6) is 0 Å². The number of esters is 1. The van der Waals surface area contributed by atoms with Gasteiger partial charge in [0.2, 0.25) is 0 Å². The van der Waals surface area contributed by atoms with Gasteiger partial charge in [-0.05, 0) is 56.0 Å². The Morgan fingerprint density at radius 3 is 2.67 bits per heavy atom. The van der Waals surface area contributed by atoms with Gasteiger partial charge in [0.15, 0.2) is 5.78 Å². The summed E-state index contributed by atoms with van der Waals surface area (Å²) in [7, 11) is 0. The van der Waals surface area contributed by atoms with E-state index in [4.69, 9.17) is 16.3 Å². The van der Waals surface area contributed by atoms with Gasteiger partial charge in [-0.15, -0.1) is 0 Å². The quantitative estimate of drug-likeness (QED) is 0.665. The summed E-state index contributed by atoms with van der Waals surface area (Å²) in [6.07, 6.45) is 3.22. The number of fused-ring (bicyclic) bond motifs is 1. The molecule has 0 fully saturated rings. The van der Waals surface area contributed by atoms with Crippen molar-refractivity contribution in [1.82, 2.24) is 4.98 Å². The van der Waals surface area contributed by atoms with Gasteiger partial charge in [0, 0.05) is 21.9 Å². The van der Waals surface area contributed by atoms with E-state index < -0.39 is 5.97 Å². The molecule has 3 rings (SSSR count). The monoisotopic (exact) mass is 343 g/mol. The molecule has 0 radical (unpaired) electrons. The SMILES string of the molecule is CCOC(=O)c1[nH]c2c(c1C)C(=O)/C(=C/c1ccc(Cl)cc1)CC2. The number of benzene rings is 1. The van der Waals surface area contributed by atoms with Crippen molar-refractivity contribution in [3.05, 3.63) is 62.9 Å². The van der Waals surface area contributed by atoms with Crippen LogP contribution in [0.2, 0.25) is 5.02 Å². The number of aromatic amines is 1. The minimum Gasteiger partial charge on any atom is -0.461 e. The van der Waals surface area contributed by atoms with E-state index >= 15 is 0 Å². The van der Waals surface area contributed by atoms with Crippen LogP contribution >= 0.6 is 11.6 Å². The van der Waals surface area contributed by atoms with Crippen molar-refractivity contribution in [2.45, 2.75) is 26.7 Å². The highest BCUT2D eigenvalue weighted by Crippen LogP contribution is 2.31. The molecule has 0 saturated heterocycles. The average molecular weight is 344 g/mol. The molecule has 0 atom stereocenters. The molecule has 24 heavy (non-hydrogen) atoms. The van der Waals surface area contributed by atoms with Crippen LogP contribution < -0.4 is 0 Å². The van der Waals surface area contributed by atoms with Gasteiger partial charge < -0.3 is 9.72 Å². The maximum Gasteiger partial charge on any atom is 0.355 e. The van der Waals surface area contributed by atoms with Crippen LogP contribution in [-0.4, -0.2) is 23.3 Å². The van der Waals surface area contributed by atoms with Crippen molar-refractivity contribution in [3.63, 3.8) is 0 Å². The molecule has 0 unspecified atom stereocenters. The number of hydrogen-bond acceptors (Lipinski definition) is 3. The predicted molar refractivity (Wildman–Crippen MR) is 93.6 cm³/mol. The smallest absolute Gasteiger partial charge is 0.355 e. The number of ketones is 1. The van der Waals surface area contributed by atoms with Crippen LogP contribution in [0, 0.1) is 6.92 Å². The number of hydrogen-bond donors (Lipinski definition) is 1. The van der Waals surface area contributed by atoms with Crippen LogP contribution in [0.25, 0.3) is 6.08 Å². The second kappa shape index (κ2) is 6.65. The molecule has 1 aromatic heterocycles. The maximum atomic E-state index is 12.8. The van der Waals surface area contributed by atoms with Crippen LogP contribution in [0.1, 0.15) is 51.0 Å². The molecule has 1 aromatic carbocycles. The molecule has 5 heteroatoms. The van der Waals surface area contributed by atoms with Gasteiger partial charge in [0.1, 0.15) is 5.69 Å². The molecule has 2 aromatic rings. The summed E-state index contributed by atoms with van der Waals surface area (Å²) < 4.78 is 5.05. The zero-order valence-corrected chi connectivity index (χ0v) is 14.4. The summed E-state index contributed by atoms with van der Waals surface area (Å²) in [5, 5.41) is 0.662. The lowest BCUT2D eigenvalue weighted by Gasteiger charge is -2.14. The Hall–Kier alpha value is -2.33. The highest BCUT2D eigenvalue weighted by molar-refractivity contribution is 6.30. The lowest BCUT2D eigenvalue weighted by Crippen LogP contribution is -2.14. The molecular weight excluding hydrogens is 326 g/mol. The largest absolute Gasteiger partial charge is 0.461 e. The van der Waals surface area contributed by atoms with E-state index in [1.807, 2.05) is 18.2 Å². The van der Waals surface area contributed by atoms with Crippen molar-refractivity contribution < 1.29 is 14.3 Å². The summed E-state index contributed by atoms with van der Waals surface area (Å²) in [6.45, 7) is 3.84. The van der Waals surface area contributed by atoms with Crippen molar-refractivity contribution in [2.75, 3.05) is 6.61 Å². The molecule has 4 nitrogen and oxygen atoms in total. The third kappa shape index (κ3) is 3.02. The fourth-order valence-electron chi connectivity index (χ4n) is 2.99. The summed E-state index contributed by atoms with van der Waals surface area (Å²) in [5.74, 6) is -0.448. The van der Waals surface area contributed by atoms with Crippen molar-refractivity contribution in [1.29, 1.82) is 0 Å². The summed E-state index contributed by atoms with van der Waals surface area (Å²) in [4.78, 5) is 27.9. The van der Waals surface area contributed by atoms with Crippen molar-refractivity contribution in [3.8, 4) is 0 Å². The molecule has 0 bridgehead atoms. The summed E-state index contributed by atoms with van der Waals surface area (Å²) >= 11 is 5.89. The molecular formula is C19H18ClNO3. The number of rotatable bonds is 3. The van der Waals surface area contributed by atoms with E-state index in [1.165, 1.54) is 0 Å². The first-order valence-corrected chi connectivity index (χ1v) is 8.28. The van der Waals surface area contributed by atoms with Gasteiger partial charge in [0.25, 0.3) is 0 Å². The van der Waals surface area contributed by atoms with Crippen LogP contribution in [0.15, 0.2) is 29.8 Å². The molecule has 1 aliphatic rings. The number of halogens is 1. The fourth-order valence-corrected chi connectivity index (χ4v) is 3.12. The summed E-state index contributed by atoms with van der Waals surface area (Å²) in [5.41, 5.74) is 4.13. The maximum absolute atomic E-state index is 12.8. The van der Waals surface area contributed by atoms with Crippen molar-refractivity contribution in [2.24, 2.45) is 0 Å². The van der Waals surface area contributed by atoms with Crippen LogP contribution in [0.4, 0.5) is 0 Å². The first-order valence-electron chi connectivity index (χ1n) is 7.90. The Kier molecular flexibility index (Phi) is 4.58. The minimum absolute atomic E-state index is 0.0319. The van der Waals surface area contributed by atoms with Gasteiger partial charge in [0.05, 0.1) is 6.61 Å². The van der Waals surface area contributed by atoms with Gasteiger partial charge >= 0.3 is 5.97 Å². The normalized spacial score (nSPS) is 15.5. The van der Waals surface area contributed by atoms with E-state index in [0.29, 0.717) is 41.3 Å².